The number of nitrogens with one attached hydrogen (secondary N) is 1. The van der Waals surface area contributed by atoms with Crippen LogP contribution in [0, 0.1) is 5.92 Å². The largest absolute Gasteiger partial charge is 0.491 e. The second kappa shape index (κ2) is 9.14. The number of ether oxygens (including phenoxy) is 2. The Balaban J connectivity index is 1.88. The van der Waals surface area contributed by atoms with Gasteiger partial charge in [0.15, 0.2) is 5.13 Å². The summed E-state index contributed by atoms with van der Waals surface area (Å²) < 4.78 is 23.2. The predicted octanol–water partition coefficient (Wildman–Crippen LogP) is 4.55. The van der Waals surface area contributed by atoms with Gasteiger partial charge in [0.25, 0.3) is 5.91 Å². The number of aromatic nitrogens is 1. The lowest BCUT2D eigenvalue weighted by Gasteiger charge is -2.23. The normalized spacial score (nSPS) is 16.7. The van der Waals surface area contributed by atoms with E-state index in [1.54, 1.807) is 35.9 Å². The van der Waals surface area contributed by atoms with Crippen molar-refractivity contribution in [3.8, 4) is 11.5 Å². The second-order valence-electron chi connectivity index (χ2n) is 7.13. The average molecular weight is 450 g/mol. The van der Waals surface area contributed by atoms with Crippen LogP contribution in [-0.4, -0.2) is 26.8 Å². The Bertz CT molecular complexity index is 1030. The number of thiazole rings is 1. The highest BCUT2D eigenvalue weighted by atomic mass is 32.1. The maximum atomic E-state index is 12.6. The molecule has 0 bridgehead atoms. The van der Waals surface area contributed by atoms with Crippen LogP contribution in [0.25, 0.3) is 0 Å². The molecule has 1 heterocycles. The van der Waals surface area contributed by atoms with Crippen molar-refractivity contribution in [3.63, 3.8) is 0 Å². The minimum atomic E-state index is -4.28. The minimum absolute atomic E-state index is 0.0720. The molecule has 8 nitrogen and oxygen atoms in total. The van der Waals surface area contributed by atoms with Crippen molar-refractivity contribution in [2.24, 2.45) is 5.92 Å². The summed E-state index contributed by atoms with van der Waals surface area (Å²) in [7, 11) is -4.28. The molecule has 1 atom stereocenters. The van der Waals surface area contributed by atoms with Crippen molar-refractivity contribution < 1.29 is 28.6 Å². The summed E-state index contributed by atoms with van der Waals surface area (Å²) in [5.41, 5.74) is 0.342. The summed E-state index contributed by atoms with van der Waals surface area (Å²) in [6.45, 7) is 5.57. The van der Waals surface area contributed by atoms with E-state index in [1.807, 2.05) is 20.8 Å². The monoisotopic (exact) mass is 450 g/mol. The summed E-state index contributed by atoms with van der Waals surface area (Å²) in [6.07, 6.45) is 4.63. The van der Waals surface area contributed by atoms with Crippen LogP contribution < -0.4 is 14.8 Å². The van der Waals surface area contributed by atoms with Gasteiger partial charge in [0.2, 0.25) is 0 Å². The molecule has 2 aromatic rings. The summed E-state index contributed by atoms with van der Waals surface area (Å²) >= 11 is 1.31. The fourth-order valence-electron chi connectivity index (χ4n) is 2.87. The third-order valence-electron chi connectivity index (χ3n) is 4.22. The quantitative estimate of drug-likeness (QED) is 0.530. The highest BCUT2D eigenvalue weighted by Crippen LogP contribution is 2.50. The fourth-order valence-corrected chi connectivity index (χ4v) is 4.17. The van der Waals surface area contributed by atoms with Crippen molar-refractivity contribution in [2.75, 3.05) is 5.32 Å². The van der Waals surface area contributed by atoms with E-state index in [-0.39, 0.29) is 29.7 Å². The Kier molecular flexibility index (Phi) is 6.77. The zero-order chi connectivity index (χ0) is 21.9. The highest BCUT2D eigenvalue weighted by molar-refractivity contribution is 7.56. The van der Waals surface area contributed by atoms with Gasteiger partial charge < -0.3 is 19.3 Å². The Morgan fingerprint density at radius 3 is 2.60 bits per heavy atom. The van der Waals surface area contributed by atoms with Gasteiger partial charge >= 0.3 is 7.60 Å². The molecule has 1 aliphatic rings. The van der Waals surface area contributed by atoms with Gasteiger partial charge in [0.05, 0.1) is 6.10 Å². The number of carbonyl (C=O) groups is 1. The summed E-state index contributed by atoms with van der Waals surface area (Å²) in [4.78, 5) is 35.4. The molecule has 0 saturated heterocycles. The molecule has 0 spiro atoms. The first-order valence-corrected chi connectivity index (χ1v) is 11.8. The van der Waals surface area contributed by atoms with Crippen LogP contribution in [0.5, 0.6) is 11.5 Å². The van der Waals surface area contributed by atoms with Crippen LogP contribution in [0.4, 0.5) is 5.13 Å². The van der Waals surface area contributed by atoms with Crippen molar-refractivity contribution in [1.82, 2.24) is 4.98 Å². The number of rotatable bonds is 7. The smallest absolute Gasteiger partial charge is 0.352 e. The summed E-state index contributed by atoms with van der Waals surface area (Å²) in [5.74, 6) is 0.823. The van der Waals surface area contributed by atoms with Gasteiger partial charge in [-0.1, -0.05) is 6.92 Å². The van der Waals surface area contributed by atoms with Crippen LogP contribution in [-0.2, 0) is 4.57 Å². The molecule has 1 amide bonds. The van der Waals surface area contributed by atoms with Crippen LogP contribution in [0.15, 0.2) is 53.0 Å². The van der Waals surface area contributed by atoms with E-state index in [0.717, 1.165) is 0 Å². The van der Waals surface area contributed by atoms with E-state index in [4.69, 9.17) is 9.47 Å². The van der Waals surface area contributed by atoms with E-state index in [0.29, 0.717) is 28.0 Å². The maximum Gasteiger partial charge on any atom is 0.352 e. The zero-order valence-corrected chi connectivity index (χ0v) is 18.4. The number of carbonyl (C=O) groups excluding carboxylic acids is 1. The maximum absolute atomic E-state index is 12.6. The lowest BCUT2D eigenvalue weighted by molar-refractivity contribution is 0.102. The molecule has 30 heavy (non-hydrogen) atoms. The Hall–Kier alpha value is -2.45. The van der Waals surface area contributed by atoms with Crippen molar-refractivity contribution in [2.45, 2.75) is 33.3 Å². The van der Waals surface area contributed by atoms with E-state index in [9.17, 15) is 19.1 Å². The molecule has 1 aromatic carbocycles. The Labute approximate surface area is 178 Å². The number of hydrogen-bond acceptors (Lipinski definition) is 6. The molecule has 1 aliphatic carbocycles. The predicted molar refractivity (Wildman–Crippen MR) is 115 cm³/mol. The molecular formula is C20H23N2O6PS. The topological polar surface area (TPSA) is 118 Å². The van der Waals surface area contributed by atoms with Gasteiger partial charge in [-0.05, 0) is 44.6 Å². The molecule has 10 heteroatoms. The van der Waals surface area contributed by atoms with Crippen LogP contribution in [0.3, 0.4) is 0 Å². The standard InChI is InChI=1S/C20H23N2O6PS/c1-12(2)27-15-9-14(19(23)22-20-21-6-7-30-20)10-16(11-15)28-18-5-4-17(8-13(18)3)29(24,25)26/h4-7,9-13H,8H2,1-3H3,(H,21,22,23)(H2,24,25,26)/t13-/m1/s1. The van der Waals surface area contributed by atoms with E-state index in [2.05, 4.69) is 10.3 Å². The molecule has 0 unspecified atom stereocenters. The van der Waals surface area contributed by atoms with Gasteiger partial charge in [-0.3, -0.25) is 14.7 Å². The molecule has 0 aliphatic heterocycles. The number of allylic oxidation sites excluding steroid dienone is 4. The first-order valence-electron chi connectivity index (χ1n) is 9.29. The van der Waals surface area contributed by atoms with Crippen molar-refractivity contribution >= 4 is 30.0 Å². The van der Waals surface area contributed by atoms with Gasteiger partial charge in [-0.2, -0.15) is 0 Å². The summed E-state index contributed by atoms with van der Waals surface area (Å²) in [5, 5.41) is 5.04. The summed E-state index contributed by atoms with van der Waals surface area (Å²) in [6, 6.07) is 4.89. The van der Waals surface area contributed by atoms with Crippen LogP contribution in [0.2, 0.25) is 0 Å². The first-order chi connectivity index (χ1) is 14.1. The molecule has 160 valence electrons. The molecular weight excluding hydrogens is 427 g/mol. The average Bonchev–Trinajstić information content (AvgIpc) is 3.14. The number of benzene rings is 1. The highest BCUT2D eigenvalue weighted by Gasteiger charge is 2.27. The molecule has 0 fully saturated rings. The second-order valence-corrected chi connectivity index (χ2v) is 9.69. The number of hydrogen-bond donors (Lipinski definition) is 3. The number of anilines is 1. The Morgan fingerprint density at radius 1 is 1.27 bits per heavy atom. The van der Waals surface area contributed by atoms with E-state index in [1.165, 1.54) is 17.4 Å². The third kappa shape index (κ3) is 5.79. The molecule has 0 saturated carbocycles. The lowest BCUT2D eigenvalue weighted by Crippen LogP contribution is -2.14. The number of amides is 1. The van der Waals surface area contributed by atoms with Gasteiger partial charge in [0.1, 0.15) is 17.3 Å². The molecule has 3 rings (SSSR count). The third-order valence-corrected chi connectivity index (χ3v) is 5.99. The van der Waals surface area contributed by atoms with Crippen molar-refractivity contribution in [1.29, 1.82) is 0 Å². The minimum Gasteiger partial charge on any atom is -0.491 e. The number of nitrogens with zero attached hydrogens (tertiary/aromatic N) is 1. The molecule has 0 radical (unpaired) electrons. The van der Waals surface area contributed by atoms with E-state index < -0.39 is 7.60 Å². The van der Waals surface area contributed by atoms with Crippen LogP contribution in [0.1, 0.15) is 37.6 Å². The first kappa shape index (κ1) is 22.2. The van der Waals surface area contributed by atoms with Gasteiger partial charge in [-0.15, -0.1) is 11.3 Å². The lowest BCUT2D eigenvalue weighted by atomic mass is 10.0. The van der Waals surface area contributed by atoms with Gasteiger partial charge in [-0.25, -0.2) is 4.98 Å². The van der Waals surface area contributed by atoms with Crippen LogP contribution >= 0.6 is 18.9 Å². The molecule has 1 aromatic heterocycles. The zero-order valence-electron chi connectivity index (χ0n) is 16.7. The Morgan fingerprint density at radius 2 is 2.00 bits per heavy atom. The fraction of sp³-hybridized carbons (Fsp3) is 0.300. The molecule has 3 N–H and O–H groups in total. The van der Waals surface area contributed by atoms with Gasteiger partial charge in [0, 0.05) is 34.4 Å². The van der Waals surface area contributed by atoms with Crippen molar-refractivity contribution in [3.05, 3.63) is 58.6 Å². The van der Waals surface area contributed by atoms with E-state index >= 15 is 0 Å². The SMILES string of the molecule is CC(C)Oc1cc(OC2=CC=C(P(=O)(O)O)C[C@H]2C)cc(C(=O)Nc2nccs2)c1.